The van der Waals surface area contributed by atoms with Crippen molar-refractivity contribution in [1.29, 1.82) is 0 Å². The van der Waals surface area contributed by atoms with Crippen molar-refractivity contribution in [2.45, 2.75) is 32.6 Å². The fourth-order valence-corrected chi connectivity index (χ4v) is 3.08. The molecule has 3 aromatic rings. The molecular formula is C19H18BrNO3. The standard InChI is InChI=1S/C19H18BrNO3/c1-2-3-4-5-13-6-9-15(10-7-13)21-18(22)16-12-14(20)8-11-17(16)24-19(21)23/h6-12H,2-5H2,1H3. The molecule has 0 saturated heterocycles. The maximum atomic E-state index is 12.7. The van der Waals surface area contributed by atoms with E-state index in [1.807, 2.05) is 12.1 Å². The van der Waals surface area contributed by atoms with E-state index in [2.05, 4.69) is 22.9 Å². The van der Waals surface area contributed by atoms with Crippen LogP contribution in [0.5, 0.6) is 0 Å². The molecule has 0 amide bonds. The summed E-state index contributed by atoms with van der Waals surface area (Å²) in [5.41, 5.74) is 1.64. The third-order valence-corrected chi connectivity index (χ3v) is 4.51. The van der Waals surface area contributed by atoms with Crippen LogP contribution in [-0.4, -0.2) is 4.57 Å². The number of hydrogen-bond donors (Lipinski definition) is 0. The summed E-state index contributed by atoms with van der Waals surface area (Å²) in [5.74, 6) is -0.673. The van der Waals surface area contributed by atoms with Gasteiger partial charge in [0.15, 0.2) is 0 Å². The third kappa shape index (κ3) is 3.36. The molecule has 0 atom stereocenters. The zero-order chi connectivity index (χ0) is 17.1. The van der Waals surface area contributed by atoms with Gasteiger partial charge in [0, 0.05) is 4.47 Å². The molecule has 124 valence electrons. The molecule has 3 rings (SSSR count). The number of halogens is 1. The molecular weight excluding hydrogens is 370 g/mol. The van der Waals surface area contributed by atoms with Crippen molar-refractivity contribution in [1.82, 2.24) is 4.57 Å². The van der Waals surface area contributed by atoms with Gasteiger partial charge in [-0.25, -0.2) is 9.36 Å². The van der Waals surface area contributed by atoms with Crippen molar-refractivity contribution in [2.24, 2.45) is 0 Å². The van der Waals surface area contributed by atoms with Crippen LogP contribution >= 0.6 is 15.9 Å². The van der Waals surface area contributed by atoms with E-state index in [9.17, 15) is 9.59 Å². The highest BCUT2D eigenvalue weighted by Gasteiger charge is 2.11. The van der Waals surface area contributed by atoms with Crippen LogP contribution in [0.2, 0.25) is 0 Å². The van der Waals surface area contributed by atoms with Gasteiger partial charge in [0.2, 0.25) is 0 Å². The molecule has 0 N–H and O–H groups in total. The summed E-state index contributed by atoms with van der Waals surface area (Å²) >= 11 is 3.34. The smallest absolute Gasteiger partial charge is 0.409 e. The second-order valence-corrected chi connectivity index (χ2v) is 6.69. The van der Waals surface area contributed by atoms with E-state index in [0.29, 0.717) is 16.7 Å². The van der Waals surface area contributed by atoms with Crippen molar-refractivity contribution in [3.8, 4) is 5.69 Å². The van der Waals surface area contributed by atoms with Gasteiger partial charge in [-0.1, -0.05) is 47.8 Å². The van der Waals surface area contributed by atoms with E-state index in [-0.39, 0.29) is 5.56 Å². The Balaban J connectivity index is 2.03. The van der Waals surface area contributed by atoms with E-state index < -0.39 is 5.76 Å². The second-order valence-electron chi connectivity index (χ2n) is 5.77. The first-order valence-electron chi connectivity index (χ1n) is 8.05. The molecule has 0 unspecified atom stereocenters. The highest BCUT2D eigenvalue weighted by molar-refractivity contribution is 9.10. The molecule has 0 bridgehead atoms. The van der Waals surface area contributed by atoms with Crippen molar-refractivity contribution in [2.75, 3.05) is 0 Å². The summed E-state index contributed by atoms with van der Waals surface area (Å²) < 4.78 is 7.12. The highest BCUT2D eigenvalue weighted by Crippen LogP contribution is 2.17. The maximum absolute atomic E-state index is 12.7. The number of aryl methyl sites for hydroxylation is 1. The van der Waals surface area contributed by atoms with Crippen LogP contribution in [-0.2, 0) is 6.42 Å². The summed E-state index contributed by atoms with van der Waals surface area (Å²) in [6.45, 7) is 2.17. The normalized spacial score (nSPS) is 11.1. The van der Waals surface area contributed by atoms with Crippen molar-refractivity contribution in [3.05, 3.63) is 73.4 Å². The van der Waals surface area contributed by atoms with Crippen molar-refractivity contribution < 1.29 is 4.42 Å². The topological polar surface area (TPSA) is 52.2 Å². The van der Waals surface area contributed by atoms with Gasteiger partial charge >= 0.3 is 5.76 Å². The third-order valence-electron chi connectivity index (χ3n) is 4.02. The number of unbranched alkanes of at least 4 members (excludes halogenated alkanes) is 2. The molecule has 1 heterocycles. The minimum atomic E-state index is -0.673. The Hall–Kier alpha value is -2.14. The molecule has 0 spiro atoms. The molecule has 4 nitrogen and oxygen atoms in total. The van der Waals surface area contributed by atoms with E-state index >= 15 is 0 Å². The van der Waals surface area contributed by atoms with E-state index in [0.717, 1.165) is 21.9 Å². The first kappa shape index (κ1) is 16.7. The average molecular weight is 388 g/mol. The SMILES string of the molecule is CCCCCc1ccc(-n2c(=O)oc3ccc(Br)cc3c2=O)cc1. The van der Waals surface area contributed by atoms with Gasteiger partial charge in [0.05, 0.1) is 11.1 Å². The number of hydrogen-bond acceptors (Lipinski definition) is 3. The Morgan fingerprint density at radius 1 is 1.04 bits per heavy atom. The van der Waals surface area contributed by atoms with Crippen molar-refractivity contribution >= 4 is 26.9 Å². The largest absolute Gasteiger partial charge is 0.426 e. The summed E-state index contributed by atoms with van der Waals surface area (Å²) in [5, 5.41) is 0.371. The molecule has 0 saturated carbocycles. The molecule has 1 aromatic heterocycles. The van der Waals surface area contributed by atoms with Gasteiger partial charge < -0.3 is 4.42 Å². The van der Waals surface area contributed by atoms with Gasteiger partial charge in [-0.15, -0.1) is 0 Å². The fraction of sp³-hybridized carbons (Fsp3) is 0.263. The molecule has 0 radical (unpaired) electrons. The molecule has 5 heteroatoms. The lowest BCUT2D eigenvalue weighted by atomic mass is 10.1. The van der Waals surface area contributed by atoms with Crippen LogP contribution in [0.25, 0.3) is 16.7 Å². The number of nitrogens with zero attached hydrogens (tertiary/aromatic N) is 1. The Bertz CT molecular complexity index is 971. The quantitative estimate of drug-likeness (QED) is 0.608. The highest BCUT2D eigenvalue weighted by atomic mass is 79.9. The Morgan fingerprint density at radius 3 is 2.50 bits per heavy atom. The zero-order valence-corrected chi connectivity index (χ0v) is 15.0. The number of aromatic nitrogens is 1. The molecule has 2 aromatic carbocycles. The average Bonchev–Trinajstić information content (AvgIpc) is 2.57. The lowest BCUT2D eigenvalue weighted by Gasteiger charge is -2.07. The first-order chi connectivity index (χ1) is 11.6. The fourth-order valence-electron chi connectivity index (χ4n) is 2.71. The monoisotopic (exact) mass is 387 g/mol. The lowest BCUT2D eigenvalue weighted by Crippen LogP contribution is -2.30. The van der Waals surface area contributed by atoms with E-state index in [1.165, 1.54) is 18.4 Å². The lowest BCUT2D eigenvalue weighted by molar-refractivity contribution is 0.504. The van der Waals surface area contributed by atoms with Gasteiger partial charge in [0.1, 0.15) is 5.58 Å². The van der Waals surface area contributed by atoms with E-state index in [1.54, 1.807) is 30.3 Å². The van der Waals surface area contributed by atoms with Crippen molar-refractivity contribution in [3.63, 3.8) is 0 Å². The van der Waals surface area contributed by atoms with Crippen LogP contribution in [0.15, 0.2) is 60.9 Å². The number of fused-ring (bicyclic) bond motifs is 1. The Morgan fingerprint density at radius 2 is 1.79 bits per heavy atom. The van der Waals surface area contributed by atoms with Gasteiger partial charge in [0.25, 0.3) is 5.56 Å². The molecule has 0 aliphatic carbocycles. The number of benzene rings is 2. The van der Waals surface area contributed by atoms with Gasteiger partial charge in [-0.2, -0.15) is 0 Å². The molecule has 0 fully saturated rings. The minimum absolute atomic E-state index is 0.292. The second kappa shape index (κ2) is 7.18. The predicted octanol–water partition coefficient (Wildman–Crippen LogP) is 4.44. The minimum Gasteiger partial charge on any atom is -0.409 e. The summed E-state index contributed by atoms with van der Waals surface area (Å²) in [6.07, 6.45) is 4.52. The summed E-state index contributed by atoms with van der Waals surface area (Å²) in [6, 6.07) is 12.5. The summed E-state index contributed by atoms with van der Waals surface area (Å²) in [4.78, 5) is 24.9. The van der Waals surface area contributed by atoms with Gasteiger partial charge in [-0.05, 0) is 48.7 Å². The van der Waals surface area contributed by atoms with Crippen LogP contribution in [0.4, 0.5) is 0 Å². The van der Waals surface area contributed by atoms with E-state index in [4.69, 9.17) is 4.42 Å². The predicted molar refractivity (Wildman–Crippen MR) is 99.0 cm³/mol. The van der Waals surface area contributed by atoms with Gasteiger partial charge in [-0.3, -0.25) is 4.79 Å². The van der Waals surface area contributed by atoms with Crippen LogP contribution in [0.1, 0.15) is 31.7 Å². The first-order valence-corrected chi connectivity index (χ1v) is 8.84. The Kier molecular flexibility index (Phi) is 5.00. The molecule has 0 aliphatic rings. The van der Waals surface area contributed by atoms with Crippen LogP contribution in [0, 0.1) is 0 Å². The number of rotatable bonds is 5. The Labute approximate surface area is 147 Å². The molecule has 0 aliphatic heterocycles. The van der Waals surface area contributed by atoms with Crippen LogP contribution in [0.3, 0.4) is 0 Å². The molecule has 24 heavy (non-hydrogen) atoms. The van der Waals surface area contributed by atoms with Crippen LogP contribution < -0.4 is 11.3 Å². The maximum Gasteiger partial charge on any atom is 0.426 e. The zero-order valence-electron chi connectivity index (χ0n) is 13.4. The summed E-state index contributed by atoms with van der Waals surface area (Å²) in [7, 11) is 0.